The molecule has 2 aliphatic rings. The summed E-state index contributed by atoms with van der Waals surface area (Å²) in [6, 6.07) is 8.24. The van der Waals surface area contributed by atoms with E-state index >= 15 is 0 Å². The fraction of sp³-hybridized carbons (Fsp3) is 0.250. The number of benzene rings is 1. The molecule has 1 atom stereocenters. The number of fused-ring (bicyclic) bond motifs is 2. The molecule has 0 amide bonds. The van der Waals surface area contributed by atoms with Gasteiger partial charge in [-0.25, -0.2) is 4.99 Å². The largest absolute Gasteiger partial charge is 0.465 e. The molecule has 3 nitrogen and oxygen atoms in total. The molecule has 2 heterocycles. The second kappa shape index (κ2) is 2.86. The Balaban J connectivity index is 2.18. The third-order valence-corrected chi connectivity index (χ3v) is 2.72. The van der Waals surface area contributed by atoms with Crippen molar-refractivity contribution in [3.8, 4) is 0 Å². The van der Waals surface area contributed by atoms with E-state index in [1.54, 1.807) is 0 Å². The average molecular weight is 200 g/mol. The van der Waals surface area contributed by atoms with Crippen molar-refractivity contribution in [1.29, 1.82) is 0 Å². The molecule has 1 aromatic carbocycles. The summed E-state index contributed by atoms with van der Waals surface area (Å²) in [5.41, 5.74) is 2.36. The van der Waals surface area contributed by atoms with Crippen molar-refractivity contribution in [3.63, 3.8) is 0 Å². The van der Waals surface area contributed by atoms with Gasteiger partial charge in [0.15, 0.2) is 17.8 Å². The lowest BCUT2D eigenvalue weighted by molar-refractivity contribution is 0.175. The lowest BCUT2D eigenvalue weighted by Crippen LogP contribution is -2.29. The Morgan fingerprint density at radius 3 is 3.00 bits per heavy atom. The van der Waals surface area contributed by atoms with Crippen LogP contribution in [0, 0.1) is 0 Å². The van der Waals surface area contributed by atoms with Crippen LogP contribution in [0.3, 0.4) is 0 Å². The maximum atomic E-state index is 5.61. The third kappa shape index (κ3) is 1.16. The van der Waals surface area contributed by atoms with Gasteiger partial charge < -0.3 is 9.64 Å². The second-order valence-corrected chi connectivity index (χ2v) is 3.80. The predicted octanol–water partition coefficient (Wildman–Crippen LogP) is 2.25. The average Bonchev–Trinajstić information content (AvgIpc) is 2.59. The third-order valence-electron chi connectivity index (χ3n) is 2.72. The Hall–Kier alpha value is -1.77. The van der Waals surface area contributed by atoms with Gasteiger partial charge in [-0.1, -0.05) is 18.2 Å². The molecule has 3 rings (SSSR count). The highest BCUT2D eigenvalue weighted by atomic mass is 16.5. The summed E-state index contributed by atoms with van der Waals surface area (Å²) in [5, 5.41) is 0. The molecule has 2 aliphatic heterocycles. The summed E-state index contributed by atoms with van der Waals surface area (Å²) < 4.78 is 5.61. The minimum Gasteiger partial charge on any atom is -0.465 e. The van der Waals surface area contributed by atoms with Crippen LogP contribution in [0.2, 0.25) is 0 Å². The molecular formula is C12H12N2O. The molecule has 0 saturated carbocycles. The molecule has 76 valence electrons. The maximum absolute atomic E-state index is 5.61. The van der Waals surface area contributed by atoms with Crippen LogP contribution >= 0.6 is 0 Å². The van der Waals surface area contributed by atoms with E-state index in [4.69, 9.17) is 4.74 Å². The van der Waals surface area contributed by atoms with E-state index in [2.05, 4.69) is 28.1 Å². The number of hydrogen-bond donors (Lipinski definition) is 0. The van der Waals surface area contributed by atoms with E-state index in [0.717, 1.165) is 11.6 Å². The standard InChI is InChI=1S/C12H12N2O/c1-8-13-12-11(15-8)7-9-5-3-4-6-10(9)14(12)2/h3-8H,1-2H3. The molecule has 0 radical (unpaired) electrons. The number of hydrogen-bond acceptors (Lipinski definition) is 3. The highest BCUT2D eigenvalue weighted by Gasteiger charge is 2.28. The summed E-state index contributed by atoms with van der Waals surface area (Å²) in [6.45, 7) is 1.95. The number of para-hydroxylation sites is 1. The smallest absolute Gasteiger partial charge is 0.189 e. The van der Waals surface area contributed by atoms with Crippen molar-refractivity contribution in [3.05, 3.63) is 35.6 Å². The number of anilines is 1. The van der Waals surface area contributed by atoms with E-state index < -0.39 is 0 Å². The van der Waals surface area contributed by atoms with Gasteiger partial charge in [0.05, 0.1) is 0 Å². The van der Waals surface area contributed by atoms with Crippen LogP contribution in [0.15, 0.2) is 35.0 Å². The van der Waals surface area contributed by atoms with Crippen molar-refractivity contribution < 1.29 is 4.74 Å². The number of rotatable bonds is 0. The fourth-order valence-electron chi connectivity index (χ4n) is 2.02. The van der Waals surface area contributed by atoms with E-state index in [9.17, 15) is 0 Å². The molecular weight excluding hydrogens is 188 g/mol. The highest BCUT2D eigenvalue weighted by Crippen LogP contribution is 2.32. The van der Waals surface area contributed by atoms with Gasteiger partial charge in [0.25, 0.3) is 0 Å². The maximum Gasteiger partial charge on any atom is 0.189 e. The highest BCUT2D eigenvalue weighted by molar-refractivity contribution is 6.15. The topological polar surface area (TPSA) is 24.8 Å². The minimum atomic E-state index is -0.0667. The summed E-state index contributed by atoms with van der Waals surface area (Å²) >= 11 is 0. The van der Waals surface area contributed by atoms with Gasteiger partial charge >= 0.3 is 0 Å². The van der Waals surface area contributed by atoms with Crippen molar-refractivity contribution >= 4 is 17.6 Å². The lowest BCUT2D eigenvalue weighted by atomic mass is 10.1. The van der Waals surface area contributed by atoms with E-state index in [1.807, 2.05) is 26.1 Å². The lowest BCUT2D eigenvalue weighted by Gasteiger charge is -2.25. The van der Waals surface area contributed by atoms with Crippen molar-refractivity contribution in [2.45, 2.75) is 13.2 Å². The zero-order chi connectivity index (χ0) is 10.4. The molecule has 3 heteroatoms. The first-order valence-corrected chi connectivity index (χ1v) is 5.05. The number of nitrogens with zero attached hydrogens (tertiary/aromatic N) is 2. The zero-order valence-electron chi connectivity index (χ0n) is 8.77. The minimum absolute atomic E-state index is 0.0667. The molecule has 0 aliphatic carbocycles. The fourth-order valence-corrected chi connectivity index (χ4v) is 2.02. The van der Waals surface area contributed by atoms with Gasteiger partial charge in [0, 0.05) is 18.3 Å². The molecule has 1 aromatic rings. The van der Waals surface area contributed by atoms with Gasteiger partial charge in [-0.15, -0.1) is 0 Å². The van der Waals surface area contributed by atoms with E-state index in [1.165, 1.54) is 11.3 Å². The van der Waals surface area contributed by atoms with Crippen LogP contribution in [0.5, 0.6) is 0 Å². The normalized spacial score (nSPS) is 22.5. The number of likely N-dealkylation sites (N-methyl/N-ethyl adjacent to an activating group) is 1. The Bertz CT molecular complexity index is 476. The number of amidine groups is 1. The molecule has 0 bridgehead atoms. The van der Waals surface area contributed by atoms with Gasteiger partial charge in [-0.05, 0) is 19.1 Å². The molecule has 0 N–H and O–H groups in total. The van der Waals surface area contributed by atoms with Crippen LogP contribution in [-0.4, -0.2) is 19.1 Å². The molecule has 0 spiro atoms. The van der Waals surface area contributed by atoms with Gasteiger partial charge in [0.2, 0.25) is 0 Å². The van der Waals surface area contributed by atoms with Crippen LogP contribution in [0.25, 0.3) is 6.08 Å². The first-order chi connectivity index (χ1) is 7.25. The molecule has 1 unspecified atom stereocenters. The molecule has 0 saturated heterocycles. The van der Waals surface area contributed by atoms with Gasteiger partial charge in [0.1, 0.15) is 0 Å². The summed E-state index contributed by atoms with van der Waals surface area (Å²) in [7, 11) is 2.02. The van der Waals surface area contributed by atoms with Crippen LogP contribution < -0.4 is 4.90 Å². The predicted molar refractivity (Wildman–Crippen MR) is 60.8 cm³/mol. The summed E-state index contributed by atoms with van der Waals surface area (Å²) in [4.78, 5) is 6.52. The Kier molecular flexibility index (Phi) is 1.63. The molecule has 15 heavy (non-hydrogen) atoms. The quantitative estimate of drug-likeness (QED) is 0.641. The first-order valence-electron chi connectivity index (χ1n) is 5.05. The van der Waals surface area contributed by atoms with Crippen molar-refractivity contribution in [2.24, 2.45) is 4.99 Å². The van der Waals surface area contributed by atoms with Crippen molar-refractivity contribution in [1.82, 2.24) is 0 Å². The van der Waals surface area contributed by atoms with Crippen LogP contribution in [0.1, 0.15) is 12.5 Å². The number of aliphatic imine (C=N–C) groups is 1. The second-order valence-electron chi connectivity index (χ2n) is 3.80. The monoisotopic (exact) mass is 200 g/mol. The summed E-state index contributed by atoms with van der Waals surface area (Å²) in [5.74, 6) is 1.81. The van der Waals surface area contributed by atoms with E-state index in [-0.39, 0.29) is 6.23 Å². The molecule has 0 fully saturated rings. The molecule has 0 aromatic heterocycles. The SMILES string of the molecule is CC1N=C2C(=Cc3ccccc3N2C)O1. The summed E-state index contributed by atoms with van der Waals surface area (Å²) in [6.07, 6.45) is 1.99. The zero-order valence-corrected chi connectivity index (χ0v) is 8.77. The van der Waals surface area contributed by atoms with Crippen LogP contribution in [-0.2, 0) is 4.74 Å². The van der Waals surface area contributed by atoms with Gasteiger partial charge in [-0.3, -0.25) is 0 Å². The van der Waals surface area contributed by atoms with Gasteiger partial charge in [-0.2, -0.15) is 0 Å². The number of ether oxygens (including phenoxy) is 1. The van der Waals surface area contributed by atoms with Crippen LogP contribution in [0.4, 0.5) is 5.69 Å². The Morgan fingerprint density at radius 1 is 1.33 bits per heavy atom. The first kappa shape index (κ1) is 8.53. The Morgan fingerprint density at radius 2 is 2.13 bits per heavy atom. The van der Waals surface area contributed by atoms with E-state index in [0.29, 0.717) is 0 Å². The van der Waals surface area contributed by atoms with Crippen molar-refractivity contribution in [2.75, 3.05) is 11.9 Å². The Labute approximate surface area is 88.7 Å².